The zero-order chi connectivity index (χ0) is 12.7. The normalized spacial score (nSPS) is 9.00. The first-order valence-electron chi connectivity index (χ1n) is 5.41. The second kappa shape index (κ2) is 8.36. The zero-order valence-corrected chi connectivity index (χ0v) is 11.3. The van der Waals surface area contributed by atoms with Crippen molar-refractivity contribution < 1.29 is 9.53 Å². The number of para-hydroxylation sites is 1. The van der Waals surface area contributed by atoms with Gasteiger partial charge in [-0.3, -0.25) is 15.5 Å². The van der Waals surface area contributed by atoms with Crippen LogP contribution in [0.25, 0.3) is 0 Å². The number of ether oxygens (including phenoxy) is 1. The van der Waals surface area contributed by atoms with Crippen LogP contribution in [0.15, 0.2) is 24.3 Å². The minimum atomic E-state index is -0.236. The fourth-order valence-corrected chi connectivity index (χ4v) is 1.43. The first-order chi connectivity index (χ1) is 8.17. The van der Waals surface area contributed by atoms with Crippen molar-refractivity contribution in [1.29, 1.82) is 5.41 Å². The van der Waals surface area contributed by atoms with Crippen LogP contribution in [0.5, 0.6) is 5.75 Å². The van der Waals surface area contributed by atoms with Crippen LogP contribution < -0.4 is 15.4 Å². The third-order valence-corrected chi connectivity index (χ3v) is 2.16. The SMILES string of the molecule is CCNC(=N)NC(=O)Cc1ccccc1OC.Cl. The molecule has 0 bridgehead atoms. The fourth-order valence-electron chi connectivity index (χ4n) is 1.43. The molecule has 18 heavy (non-hydrogen) atoms. The van der Waals surface area contributed by atoms with Crippen LogP contribution in [0.4, 0.5) is 0 Å². The molecule has 1 aromatic carbocycles. The predicted octanol–water partition coefficient (Wildman–Crippen LogP) is 1.32. The maximum atomic E-state index is 11.6. The summed E-state index contributed by atoms with van der Waals surface area (Å²) in [5, 5.41) is 12.6. The molecule has 0 atom stereocenters. The lowest BCUT2D eigenvalue weighted by Gasteiger charge is -2.09. The van der Waals surface area contributed by atoms with Gasteiger partial charge in [0.25, 0.3) is 0 Å². The Morgan fingerprint density at radius 1 is 1.39 bits per heavy atom. The maximum Gasteiger partial charge on any atom is 0.231 e. The Morgan fingerprint density at radius 2 is 2.06 bits per heavy atom. The van der Waals surface area contributed by atoms with Crippen molar-refractivity contribution in [3.05, 3.63) is 29.8 Å². The van der Waals surface area contributed by atoms with Crippen LogP contribution in [0.2, 0.25) is 0 Å². The highest BCUT2D eigenvalue weighted by molar-refractivity contribution is 5.96. The first kappa shape index (κ1) is 16.2. The van der Waals surface area contributed by atoms with Gasteiger partial charge in [-0.2, -0.15) is 0 Å². The first-order valence-corrected chi connectivity index (χ1v) is 5.41. The van der Waals surface area contributed by atoms with Crippen LogP contribution in [0.1, 0.15) is 12.5 Å². The number of halogens is 1. The number of methoxy groups -OCH3 is 1. The number of amides is 1. The lowest BCUT2D eigenvalue weighted by atomic mass is 10.1. The predicted molar refractivity (Wildman–Crippen MR) is 73.5 cm³/mol. The van der Waals surface area contributed by atoms with E-state index in [1.54, 1.807) is 13.2 Å². The van der Waals surface area contributed by atoms with Gasteiger partial charge in [0.15, 0.2) is 5.96 Å². The van der Waals surface area contributed by atoms with Crippen molar-refractivity contribution in [2.45, 2.75) is 13.3 Å². The van der Waals surface area contributed by atoms with Crippen molar-refractivity contribution in [1.82, 2.24) is 10.6 Å². The molecule has 0 saturated carbocycles. The van der Waals surface area contributed by atoms with E-state index in [4.69, 9.17) is 10.1 Å². The number of carbonyl (C=O) groups is 1. The van der Waals surface area contributed by atoms with Crippen molar-refractivity contribution in [3.8, 4) is 5.75 Å². The molecule has 0 aliphatic carbocycles. The van der Waals surface area contributed by atoms with Gasteiger partial charge in [0, 0.05) is 12.1 Å². The van der Waals surface area contributed by atoms with Gasteiger partial charge in [-0.05, 0) is 13.0 Å². The molecule has 0 fully saturated rings. The highest BCUT2D eigenvalue weighted by atomic mass is 35.5. The summed E-state index contributed by atoms with van der Waals surface area (Å²) in [5.74, 6) is 0.463. The Morgan fingerprint density at radius 3 is 2.67 bits per heavy atom. The highest BCUT2D eigenvalue weighted by Crippen LogP contribution is 2.17. The number of hydrogen-bond donors (Lipinski definition) is 3. The van der Waals surface area contributed by atoms with Crippen molar-refractivity contribution in [2.24, 2.45) is 0 Å². The highest BCUT2D eigenvalue weighted by Gasteiger charge is 2.08. The average Bonchev–Trinajstić information content (AvgIpc) is 2.29. The molecule has 5 nitrogen and oxygen atoms in total. The van der Waals surface area contributed by atoms with Gasteiger partial charge in [-0.1, -0.05) is 18.2 Å². The zero-order valence-electron chi connectivity index (χ0n) is 10.4. The van der Waals surface area contributed by atoms with Crippen LogP contribution in [0, 0.1) is 5.41 Å². The molecule has 6 heteroatoms. The molecule has 0 heterocycles. The van der Waals surface area contributed by atoms with Gasteiger partial charge in [0.1, 0.15) is 5.75 Å². The van der Waals surface area contributed by atoms with Gasteiger partial charge in [-0.25, -0.2) is 0 Å². The minimum absolute atomic E-state index is 0. The molecule has 0 spiro atoms. The molecule has 0 aliphatic rings. The largest absolute Gasteiger partial charge is 0.496 e. The van der Waals surface area contributed by atoms with E-state index in [1.165, 1.54) is 0 Å². The van der Waals surface area contributed by atoms with Gasteiger partial charge < -0.3 is 10.1 Å². The van der Waals surface area contributed by atoms with E-state index < -0.39 is 0 Å². The molecule has 0 saturated heterocycles. The third-order valence-electron chi connectivity index (χ3n) is 2.16. The molecule has 100 valence electrons. The van der Waals surface area contributed by atoms with Gasteiger partial charge in [-0.15, -0.1) is 12.4 Å². The van der Waals surface area contributed by atoms with Crippen LogP contribution in [-0.4, -0.2) is 25.5 Å². The molecule has 1 rings (SSSR count). The smallest absolute Gasteiger partial charge is 0.231 e. The van der Waals surface area contributed by atoms with Crippen molar-refractivity contribution in [2.75, 3.05) is 13.7 Å². The average molecular weight is 272 g/mol. The standard InChI is InChI=1S/C12H17N3O2.ClH/c1-3-14-12(13)15-11(16)8-9-6-4-5-7-10(9)17-2;/h4-7H,3,8H2,1-2H3,(H3,13,14,15,16);1H. The third kappa shape index (κ3) is 5.05. The lowest BCUT2D eigenvalue weighted by Crippen LogP contribution is -2.40. The Kier molecular flexibility index (Phi) is 7.54. The molecule has 0 aliphatic heterocycles. The summed E-state index contributed by atoms with van der Waals surface area (Å²) >= 11 is 0. The molecule has 0 radical (unpaired) electrons. The van der Waals surface area contributed by atoms with E-state index in [-0.39, 0.29) is 30.7 Å². The summed E-state index contributed by atoms with van der Waals surface area (Å²) in [5.41, 5.74) is 0.803. The second-order valence-electron chi connectivity index (χ2n) is 3.44. The molecular weight excluding hydrogens is 254 g/mol. The summed E-state index contributed by atoms with van der Waals surface area (Å²) < 4.78 is 5.15. The monoisotopic (exact) mass is 271 g/mol. The number of carbonyl (C=O) groups excluding carboxylic acids is 1. The Balaban J connectivity index is 0.00000289. The van der Waals surface area contributed by atoms with E-state index in [0.717, 1.165) is 5.56 Å². The second-order valence-corrected chi connectivity index (χ2v) is 3.44. The van der Waals surface area contributed by atoms with E-state index in [9.17, 15) is 4.79 Å². The summed E-state index contributed by atoms with van der Waals surface area (Å²) in [6.45, 7) is 2.47. The van der Waals surface area contributed by atoms with E-state index in [2.05, 4.69) is 10.6 Å². The molecular formula is C12H18ClN3O2. The fraction of sp³-hybridized carbons (Fsp3) is 0.333. The molecule has 1 aromatic rings. The Hall–Kier alpha value is -1.75. The minimum Gasteiger partial charge on any atom is -0.496 e. The molecule has 3 N–H and O–H groups in total. The number of rotatable bonds is 4. The summed E-state index contributed by atoms with van der Waals surface area (Å²) in [6, 6.07) is 7.33. The molecule has 1 amide bonds. The van der Waals surface area contributed by atoms with Gasteiger partial charge >= 0.3 is 0 Å². The van der Waals surface area contributed by atoms with E-state index >= 15 is 0 Å². The Bertz CT molecular complexity index is 410. The number of nitrogens with one attached hydrogen (secondary N) is 3. The summed E-state index contributed by atoms with van der Waals surface area (Å²) in [7, 11) is 1.57. The lowest BCUT2D eigenvalue weighted by molar-refractivity contribution is -0.119. The van der Waals surface area contributed by atoms with Gasteiger partial charge in [0.2, 0.25) is 5.91 Å². The number of guanidine groups is 1. The van der Waals surface area contributed by atoms with Gasteiger partial charge in [0.05, 0.1) is 13.5 Å². The summed E-state index contributed by atoms with van der Waals surface area (Å²) in [4.78, 5) is 11.6. The number of benzene rings is 1. The van der Waals surface area contributed by atoms with Crippen LogP contribution >= 0.6 is 12.4 Å². The number of hydrogen-bond acceptors (Lipinski definition) is 3. The van der Waals surface area contributed by atoms with Crippen LogP contribution in [-0.2, 0) is 11.2 Å². The topological polar surface area (TPSA) is 74.2 Å². The quantitative estimate of drug-likeness (QED) is 0.571. The van der Waals surface area contributed by atoms with Crippen LogP contribution in [0.3, 0.4) is 0 Å². The Labute approximate surface area is 113 Å². The summed E-state index contributed by atoms with van der Waals surface area (Å²) in [6.07, 6.45) is 0.192. The van der Waals surface area contributed by atoms with E-state index in [0.29, 0.717) is 12.3 Å². The van der Waals surface area contributed by atoms with E-state index in [1.807, 2.05) is 25.1 Å². The van der Waals surface area contributed by atoms with Crippen molar-refractivity contribution in [3.63, 3.8) is 0 Å². The molecule has 0 unspecified atom stereocenters. The maximum absolute atomic E-state index is 11.6. The molecule has 0 aromatic heterocycles. The van der Waals surface area contributed by atoms with Crippen molar-refractivity contribution >= 4 is 24.3 Å².